The molecular formula is C18H22BNO4. The fourth-order valence-electron chi connectivity index (χ4n) is 2.88. The Balaban J connectivity index is 1.74. The zero-order valence-electron chi connectivity index (χ0n) is 14.7. The van der Waals surface area contributed by atoms with Gasteiger partial charge in [-0.25, -0.2) is 0 Å². The maximum atomic E-state index is 12.5. The van der Waals surface area contributed by atoms with E-state index in [1.165, 1.54) is 4.90 Å². The van der Waals surface area contributed by atoms with Crippen molar-refractivity contribution < 1.29 is 18.9 Å². The predicted molar refractivity (Wildman–Crippen MR) is 91.6 cm³/mol. The average molecular weight is 327 g/mol. The number of fused-ring (bicyclic) bond motifs is 1. The summed E-state index contributed by atoms with van der Waals surface area (Å²) in [5.41, 5.74) is 0.0819. The van der Waals surface area contributed by atoms with Crippen LogP contribution in [-0.2, 0) is 9.31 Å². The van der Waals surface area contributed by atoms with E-state index in [9.17, 15) is 9.59 Å². The predicted octanol–water partition coefficient (Wildman–Crippen LogP) is 2.86. The number of benzene rings is 1. The molecule has 1 unspecified atom stereocenters. The Hall–Kier alpha value is -1.92. The molecule has 1 aromatic carbocycles. The topological polar surface area (TPSA) is 55.8 Å². The monoisotopic (exact) mass is 327 g/mol. The van der Waals surface area contributed by atoms with Crippen LogP contribution in [0.3, 0.4) is 0 Å². The van der Waals surface area contributed by atoms with E-state index in [2.05, 4.69) is 0 Å². The highest BCUT2D eigenvalue weighted by Crippen LogP contribution is 2.37. The smallest absolute Gasteiger partial charge is 0.400 e. The molecule has 126 valence electrons. The number of amides is 2. The van der Waals surface area contributed by atoms with Crippen molar-refractivity contribution >= 4 is 18.9 Å². The average Bonchev–Trinajstić information content (AvgIpc) is 2.88. The molecule has 1 atom stereocenters. The number of hydrogen-bond acceptors (Lipinski definition) is 4. The van der Waals surface area contributed by atoms with Gasteiger partial charge in [-0.1, -0.05) is 24.2 Å². The molecule has 0 saturated carbocycles. The van der Waals surface area contributed by atoms with Crippen molar-refractivity contribution in [3.63, 3.8) is 0 Å². The van der Waals surface area contributed by atoms with Crippen LogP contribution in [0.25, 0.3) is 0 Å². The van der Waals surface area contributed by atoms with Crippen LogP contribution in [0.2, 0.25) is 0 Å². The van der Waals surface area contributed by atoms with Crippen molar-refractivity contribution in [2.45, 2.75) is 51.9 Å². The molecule has 2 aliphatic rings. The molecule has 0 N–H and O–H groups in total. The minimum absolute atomic E-state index is 0.262. The third-order valence-corrected chi connectivity index (χ3v) is 5.05. The van der Waals surface area contributed by atoms with Crippen molar-refractivity contribution in [3.8, 4) is 0 Å². The van der Waals surface area contributed by atoms with E-state index >= 15 is 0 Å². The largest absolute Gasteiger partial charge is 0.486 e. The quantitative estimate of drug-likeness (QED) is 0.633. The van der Waals surface area contributed by atoms with Crippen molar-refractivity contribution in [2.24, 2.45) is 0 Å². The van der Waals surface area contributed by atoms with Crippen LogP contribution in [0.5, 0.6) is 0 Å². The first-order valence-electron chi connectivity index (χ1n) is 8.15. The maximum Gasteiger partial charge on any atom is 0.486 e. The molecule has 2 aliphatic heterocycles. The number of imide groups is 1. The molecule has 6 heteroatoms. The number of rotatable bonds is 3. The molecule has 0 aliphatic carbocycles. The molecule has 2 heterocycles. The zero-order chi connectivity index (χ0) is 17.7. The lowest BCUT2D eigenvalue weighted by molar-refractivity contribution is 0.00578. The second-order valence-corrected chi connectivity index (χ2v) is 7.28. The molecule has 5 nitrogen and oxygen atoms in total. The third-order valence-electron chi connectivity index (χ3n) is 5.05. The summed E-state index contributed by atoms with van der Waals surface area (Å²) in [5, 5.41) is 0. The Labute approximate surface area is 142 Å². The Bertz CT molecular complexity index is 674. The van der Waals surface area contributed by atoms with Crippen molar-refractivity contribution in [1.82, 2.24) is 4.90 Å². The summed E-state index contributed by atoms with van der Waals surface area (Å²) in [5.74, 6) is 1.24. The first-order chi connectivity index (χ1) is 11.1. The maximum absolute atomic E-state index is 12.5. The van der Waals surface area contributed by atoms with Crippen LogP contribution in [0, 0.1) is 0 Å². The molecule has 1 aromatic rings. The normalized spacial score (nSPS) is 23.2. The summed E-state index contributed by atoms with van der Waals surface area (Å²) in [6.07, 6.45) is 1.78. The van der Waals surface area contributed by atoms with Crippen molar-refractivity contribution in [2.75, 3.05) is 0 Å². The highest BCUT2D eigenvalue weighted by molar-refractivity contribution is 6.51. The summed E-state index contributed by atoms with van der Waals surface area (Å²) in [4.78, 5) is 26.2. The lowest BCUT2D eigenvalue weighted by Gasteiger charge is -2.32. The first-order valence-corrected chi connectivity index (χ1v) is 8.15. The van der Waals surface area contributed by atoms with Gasteiger partial charge in [0.15, 0.2) is 0 Å². The Morgan fingerprint density at radius 3 is 1.92 bits per heavy atom. The van der Waals surface area contributed by atoms with Crippen LogP contribution >= 0.6 is 0 Å². The fraction of sp³-hybridized carbons (Fsp3) is 0.444. The minimum atomic E-state index is -0.493. The van der Waals surface area contributed by atoms with Gasteiger partial charge < -0.3 is 9.31 Å². The van der Waals surface area contributed by atoms with Gasteiger partial charge >= 0.3 is 7.12 Å². The van der Waals surface area contributed by atoms with E-state index in [1.54, 1.807) is 36.3 Å². The van der Waals surface area contributed by atoms with Crippen molar-refractivity contribution in [1.29, 1.82) is 0 Å². The van der Waals surface area contributed by atoms with E-state index < -0.39 is 18.3 Å². The van der Waals surface area contributed by atoms with Gasteiger partial charge in [0.1, 0.15) is 0 Å². The lowest BCUT2D eigenvalue weighted by Crippen LogP contribution is -2.41. The lowest BCUT2D eigenvalue weighted by atomic mass is 9.89. The van der Waals surface area contributed by atoms with Gasteiger partial charge in [0.25, 0.3) is 11.8 Å². The van der Waals surface area contributed by atoms with E-state index in [0.717, 1.165) is 0 Å². The van der Waals surface area contributed by atoms with Gasteiger partial charge in [-0.3, -0.25) is 14.5 Å². The van der Waals surface area contributed by atoms with Gasteiger partial charge in [-0.15, -0.1) is 0 Å². The molecule has 24 heavy (non-hydrogen) atoms. The van der Waals surface area contributed by atoms with Gasteiger partial charge in [-0.2, -0.15) is 0 Å². The summed E-state index contributed by atoms with van der Waals surface area (Å²) in [6, 6.07) is 6.51. The van der Waals surface area contributed by atoms with Crippen LogP contribution in [0.15, 0.2) is 36.3 Å². The zero-order valence-corrected chi connectivity index (χ0v) is 14.7. The molecular weight excluding hydrogens is 305 g/mol. The number of hydrogen-bond donors (Lipinski definition) is 0. The molecule has 1 fully saturated rings. The van der Waals surface area contributed by atoms with E-state index in [1.807, 2.05) is 34.6 Å². The molecule has 1 saturated heterocycles. The summed E-state index contributed by atoms with van der Waals surface area (Å²) >= 11 is 0. The van der Waals surface area contributed by atoms with Gasteiger partial charge in [0, 0.05) is 0 Å². The fourth-order valence-corrected chi connectivity index (χ4v) is 2.88. The second-order valence-electron chi connectivity index (χ2n) is 7.28. The Kier molecular flexibility index (Phi) is 3.93. The van der Waals surface area contributed by atoms with Crippen LogP contribution in [-0.4, -0.2) is 41.1 Å². The standard InChI is InChI=1S/C18H22BNO4/c1-12(10-11-19-23-17(2,3)18(4,5)24-19)20-15(21)13-8-6-7-9-14(13)16(20)22/h6-12H,1-5H3. The van der Waals surface area contributed by atoms with Crippen molar-refractivity contribution in [3.05, 3.63) is 47.4 Å². The molecule has 0 spiro atoms. The Morgan fingerprint density at radius 1 is 1.00 bits per heavy atom. The number of carbonyl (C=O) groups is 2. The van der Waals surface area contributed by atoms with E-state index in [0.29, 0.717) is 11.1 Å². The molecule has 0 bridgehead atoms. The summed E-state index contributed by atoms with van der Waals surface area (Å²) in [7, 11) is -0.493. The van der Waals surface area contributed by atoms with E-state index in [4.69, 9.17) is 9.31 Å². The Morgan fingerprint density at radius 2 is 1.46 bits per heavy atom. The summed E-state index contributed by atoms with van der Waals surface area (Å²) in [6.45, 7) is 9.73. The molecule has 3 rings (SSSR count). The summed E-state index contributed by atoms with van der Waals surface area (Å²) < 4.78 is 11.8. The first kappa shape index (κ1) is 16.9. The number of nitrogens with zero attached hydrogens (tertiary/aromatic N) is 1. The minimum Gasteiger partial charge on any atom is -0.400 e. The number of carbonyl (C=O) groups excluding carboxylic acids is 2. The molecule has 0 aromatic heterocycles. The van der Waals surface area contributed by atoms with Gasteiger partial charge in [0.2, 0.25) is 0 Å². The highest BCUT2D eigenvalue weighted by Gasteiger charge is 2.50. The van der Waals surface area contributed by atoms with Gasteiger partial charge in [0.05, 0.1) is 28.4 Å². The van der Waals surface area contributed by atoms with Crippen LogP contribution in [0.1, 0.15) is 55.3 Å². The highest BCUT2D eigenvalue weighted by atomic mass is 16.7. The third kappa shape index (κ3) is 2.60. The van der Waals surface area contributed by atoms with Crippen LogP contribution in [0.4, 0.5) is 0 Å². The molecule has 0 radical (unpaired) electrons. The van der Waals surface area contributed by atoms with Crippen LogP contribution < -0.4 is 0 Å². The second kappa shape index (κ2) is 5.57. The van der Waals surface area contributed by atoms with E-state index in [-0.39, 0.29) is 17.9 Å². The molecule has 2 amide bonds. The SMILES string of the molecule is CC(C=CB1OC(C)(C)C(C)(C)O1)N1C(=O)c2ccccc2C1=O. The van der Waals surface area contributed by atoms with Gasteiger partial charge in [-0.05, 0) is 46.8 Å².